The number of imidazole rings is 1. The van der Waals surface area contributed by atoms with E-state index in [1.807, 2.05) is 39.2 Å². The van der Waals surface area contributed by atoms with E-state index in [0.29, 0.717) is 11.9 Å². The molecule has 1 saturated heterocycles. The molecule has 43 heavy (non-hydrogen) atoms. The van der Waals surface area contributed by atoms with Crippen molar-refractivity contribution < 1.29 is 14.1 Å². The van der Waals surface area contributed by atoms with Crippen LogP contribution in [-0.2, 0) is 16.6 Å². The minimum Gasteiger partial charge on any atom is -0.381 e. The van der Waals surface area contributed by atoms with Crippen molar-refractivity contribution in [2.24, 2.45) is 0 Å². The number of hydrogen-bond donors (Lipinski definition) is 2. The Hall–Kier alpha value is -4.38. The zero-order valence-electron chi connectivity index (χ0n) is 25.0. The molecule has 1 fully saturated rings. The number of amides is 1. The number of fused-ring (bicyclic) bond motifs is 2. The van der Waals surface area contributed by atoms with Crippen LogP contribution in [0.1, 0.15) is 91.9 Å². The van der Waals surface area contributed by atoms with Crippen LogP contribution < -0.4 is 5.32 Å². The molecular weight excluding hydrogens is 544 g/mol. The lowest BCUT2D eigenvalue weighted by atomic mass is 9.85. The van der Waals surface area contributed by atoms with Crippen LogP contribution in [0.25, 0.3) is 33.7 Å². The van der Waals surface area contributed by atoms with E-state index in [1.165, 1.54) is 5.56 Å². The standard InChI is InChI=1S/C32H36N8O3/c1-18-24(17-34-40(18)21-11-14-42-15-12-21)27-36-26-23(10-13-33-28(26)37-27)20-8-9-22-19(16-20)6-5-7-25(22)35-29(41)30-38-31(39-43-30)32(2,3)4/h8-10,13,16-17,21,25H,5-7,11-12,14-15H2,1-4H3,(H,35,41)(H,33,36,37)/t25-/m0/s1. The molecule has 1 amide bonds. The van der Waals surface area contributed by atoms with Crippen molar-refractivity contribution in [3.8, 4) is 22.5 Å². The molecule has 7 rings (SSSR count). The third-order valence-electron chi connectivity index (χ3n) is 8.59. The molecule has 11 nitrogen and oxygen atoms in total. The topological polar surface area (TPSA) is 137 Å². The summed E-state index contributed by atoms with van der Waals surface area (Å²) in [7, 11) is 0. The van der Waals surface area contributed by atoms with E-state index in [0.717, 1.165) is 90.3 Å². The Balaban J connectivity index is 1.16. The Labute approximate surface area is 249 Å². The van der Waals surface area contributed by atoms with Crippen molar-refractivity contribution >= 4 is 17.1 Å². The third kappa shape index (κ3) is 5.11. The van der Waals surface area contributed by atoms with E-state index in [2.05, 4.69) is 55.2 Å². The third-order valence-corrected chi connectivity index (χ3v) is 8.59. The Bertz CT molecular complexity index is 1800. The smallest absolute Gasteiger partial charge is 0.315 e. The van der Waals surface area contributed by atoms with Crippen LogP contribution >= 0.6 is 0 Å². The summed E-state index contributed by atoms with van der Waals surface area (Å²) >= 11 is 0. The number of pyridine rings is 1. The number of rotatable bonds is 5. The highest BCUT2D eigenvalue weighted by Gasteiger charge is 2.28. The van der Waals surface area contributed by atoms with E-state index in [1.54, 1.807) is 0 Å². The molecule has 0 bridgehead atoms. The first kappa shape index (κ1) is 27.5. The number of aromatic nitrogens is 7. The van der Waals surface area contributed by atoms with Gasteiger partial charge in [0.25, 0.3) is 0 Å². The number of aromatic amines is 1. The van der Waals surface area contributed by atoms with Crippen molar-refractivity contribution in [2.75, 3.05) is 13.2 Å². The number of aryl methyl sites for hydroxylation is 1. The van der Waals surface area contributed by atoms with E-state index in [-0.39, 0.29) is 23.3 Å². The molecule has 0 radical (unpaired) electrons. The summed E-state index contributed by atoms with van der Waals surface area (Å²) in [6.07, 6.45) is 8.39. The number of ether oxygens (including phenoxy) is 1. The van der Waals surface area contributed by atoms with Gasteiger partial charge in [-0.05, 0) is 61.8 Å². The number of hydrogen-bond acceptors (Lipinski definition) is 8. The van der Waals surface area contributed by atoms with Crippen molar-refractivity contribution in [2.45, 2.75) is 77.3 Å². The van der Waals surface area contributed by atoms with Gasteiger partial charge >= 0.3 is 11.8 Å². The zero-order chi connectivity index (χ0) is 29.7. The second kappa shape index (κ2) is 10.7. The van der Waals surface area contributed by atoms with Crippen molar-refractivity contribution in [1.82, 2.24) is 40.2 Å². The van der Waals surface area contributed by atoms with E-state index >= 15 is 0 Å². The van der Waals surface area contributed by atoms with Gasteiger partial charge < -0.3 is 19.6 Å². The molecule has 0 spiro atoms. The van der Waals surface area contributed by atoms with Crippen molar-refractivity contribution in [3.63, 3.8) is 0 Å². The minimum atomic E-state index is -0.347. The van der Waals surface area contributed by atoms with Gasteiger partial charge in [0.15, 0.2) is 11.5 Å². The quantitative estimate of drug-likeness (QED) is 0.273. The fourth-order valence-electron chi connectivity index (χ4n) is 6.20. The second-order valence-corrected chi connectivity index (χ2v) is 12.6. The molecule has 1 atom stereocenters. The summed E-state index contributed by atoms with van der Waals surface area (Å²) in [5, 5.41) is 11.8. The Morgan fingerprint density at radius 3 is 2.72 bits per heavy atom. The first-order valence-electron chi connectivity index (χ1n) is 15.0. The van der Waals surface area contributed by atoms with Crippen LogP contribution in [0.3, 0.4) is 0 Å². The fraction of sp³-hybridized carbons (Fsp3) is 0.438. The van der Waals surface area contributed by atoms with E-state index in [4.69, 9.17) is 19.3 Å². The monoisotopic (exact) mass is 580 g/mol. The van der Waals surface area contributed by atoms with Gasteiger partial charge in [0.05, 0.1) is 23.8 Å². The number of benzene rings is 1. The van der Waals surface area contributed by atoms with Crippen LogP contribution in [0, 0.1) is 6.92 Å². The van der Waals surface area contributed by atoms with Gasteiger partial charge in [-0.15, -0.1) is 0 Å². The molecule has 1 aliphatic carbocycles. The molecular formula is C32H36N8O3. The van der Waals surface area contributed by atoms with Crippen molar-refractivity contribution in [1.29, 1.82) is 0 Å². The normalized spacial score (nSPS) is 17.7. The molecule has 0 saturated carbocycles. The van der Waals surface area contributed by atoms with Crippen molar-refractivity contribution in [3.05, 3.63) is 65.2 Å². The van der Waals surface area contributed by atoms with Crippen LogP contribution in [0.4, 0.5) is 0 Å². The molecule has 4 aromatic heterocycles. The first-order valence-corrected chi connectivity index (χ1v) is 15.0. The van der Waals surface area contributed by atoms with Gasteiger partial charge in [-0.25, -0.2) is 9.97 Å². The molecule has 2 N–H and O–H groups in total. The Morgan fingerprint density at radius 1 is 1.09 bits per heavy atom. The number of H-pyrrole nitrogens is 1. The lowest BCUT2D eigenvalue weighted by Gasteiger charge is -2.26. The van der Waals surface area contributed by atoms with Gasteiger partial charge in [-0.1, -0.05) is 44.1 Å². The summed E-state index contributed by atoms with van der Waals surface area (Å²) in [6.45, 7) is 9.58. The molecule has 5 heterocycles. The Morgan fingerprint density at radius 2 is 1.93 bits per heavy atom. The summed E-state index contributed by atoms with van der Waals surface area (Å²) in [5.41, 5.74) is 7.74. The fourth-order valence-corrected chi connectivity index (χ4v) is 6.20. The predicted molar refractivity (Wildman–Crippen MR) is 161 cm³/mol. The van der Waals surface area contributed by atoms with Gasteiger partial charge in [0, 0.05) is 36.1 Å². The SMILES string of the molecule is Cc1c(-c2nc3c(-c4ccc5c(c4)CCC[C@@H]5NC(=O)c4nc(C(C)(C)C)no4)ccnc3[nH]2)cnn1C1CCOCC1. The lowest BCUT2D eigenvalue weighted by Crippen LogP contribution is -2.31. The average Bonchev–Trinajstić information content (AvgIpc) is 3.75. The highest BCUT2D eigenvalue weighted by molar-refractivity contribution is 5.92. The summed E-state index contributed by atoms with van der Waals surface area (Å²) in [5.74, 6) is 0.929. The maximum Gasteiger partial charge on any atom is 0.315 e. The van der Waals surface area contributed by atoms with Gasteiger partial charge in [-0.3, -0.25) is 9.48 Å². The van der Waals surface area contributed by atoms with E-state index < -0.39 is 0 Å². The molecule has 1 aromatic carbocycles. The van der Waals surface area contributed by atoms with Crippen LogP contribution in [-0.4, -0.2) is 54.0 Å². The second-order valence-electron chi connectivity index (χ2n) is 12.6. The molecule has 2 aliphatic rings. The number of carbonyl (C=O) groups is 1. The molecule has 0 unspecified atom stereocenters. The largest absolute Gasteiger partial charge is 0.381 e. The summed E-state index contributed by atoms with van der Waals surface area (Å²) in [6, 6.07) is 8.67. The Kier molecular flexibility index (Phi) is 6.84. The zero-order valence-corrected chi connectivity index (χ0v) is 25.0. The van der Waals surface area contributed by atoms with Crippen LogP contribution in [0.15, 0.2) is 41.2 Å². The van der Waals surface area contributed by atoms with Crippen LogP contribution in [0.2, 0.25) is 0 Å². The number of carbonyl (C=O) groups excluding carboxylic acids is 1. The van der Waals surface area contributed by atoms with Crippen LogP contribution in [0.5, 0.6) is 0 Å². The summed E-state index contributed by atoms with van der Waals surface area (Å²) in [4.78, 5) is 30.4. The first-order chi connectivity index (χ1) is 20.8. The highest BCUT2D eigenvalue weighted by atomic mass is 16.5. The highest BCUT2D eigenvalue weighted by Crippen LogP contribution is 2.36. The molecule has 1 aliphatic heterocycles. The number of nitrogens with one attached hydrogen (secondary N) is 2. The lowest BCUT2D eigenvalue weighted by molar-refractivity contribution is 0.0657. The minimum absolute atomic E-state index is 0.00396. The molecule has 11 heteroatoms. The van der Waals surface area contributed by atoms with Gasteiger partial charge in [-0.2, -0.15) is 10.1 Å². The average molecular weight is 581 g/mol. The molecule has 5 aromatic rings. The van der Waals surface area contributed by atoms with E-state index in [9.17, 15) is 4.79 Å². The number of nitrogens with zero attached hydrogens (tertiary/aromatic N) is 6. The maximum atomic E-state index is 13.0. The predicted octanol–water partition coefficient (Wildman–Crippen LogP) is 5.64. The molecule has 222 valence electrons. The van der Waals surface area contributed by atoms with Gasteiger partial charge in [0.2, 0.25) is 0 Å². The van der Waals surface area contributed by atoms with Gasteiger partial charge in [0.1, 0.15) is 11.3 Å². The summed E-state index contributed by atoms with van der Waals surface area (Å²) < 4.78 is 12.9. The maximum absolute atomic E-state index is 13.0.